The largest absolute Gasteiger partial charge is 0.490 e. The van der Waals surface area contributed by atoms with Crippen molar-refractivity contribution in [2.75, 3.05) is 24.8 Å². The van der Waals surface area contributed by atoms with Crippen LogP contribution in [-0.4, -0.2) is 43.2 Å². The fourth-order valence-corrected chi connectivity index (χ4v) is 4.01. The van der Waals surface area contributed by atoms with Crippen LogP contribution in [0.3, 0.4) is 0 Å². The van der Waals surface area contributed by atoms with E-state index < -0.39 is 15.7 Å². The third-order valence-electron chi connectivity index (χ3n) is 4.13. The van der Waals surface area contributed by atoms with Crippen LogP contribution >= 0.6 is 11.5 Å². The van der Waals surface area contributed by atoms with Gasteiger partial charge in [-0.3, -0.25) is 10.1 Å². The van der Waals surface area contributed by atoms with Crippen LogP contribution in [0.15, 0.2) is 59.3 Å². The molecule has 0 bridgehead atoms. The lowest BCUT2D eigenvalue weighted by Crippen LogP contribution is -2.13. The molecule has 1 N–H and O–H groups in total. The Balaban J connectivity index is 1.55. The van der Waals surface area contributed by atoms with Gasteiger partial charge in [0, 0.05) is 17.8 Å². The SMILES string of the molecule is Cc1cccc(OCCOc2ccc(C=C(C#N)C(=O)Nc3nc(S(C)(=O)=O)ns3)cc2)c1. The summed E-state index contributed by atoms with van der Waals surface area (Å²) in [6, 6.07) is 16.4. The summed E-state index contributed by atoms with van der Waals surface area (Å²) in [4.78, 5) is 16.1. The Morgan fingerprint density at radius 1 is 1.15 bits per heavy atom. The number of carbonyl (C=O) groups is 1. The van der Waals surface area contributed by atoms with Crippen LogP contribution in [0.1, 0.15) is 11.1 Å². The van der Waals surface area contributed by atoms with Crippen LogP contribution in [0.4, 0.5) is 5.13 Å². The Bertz CT molecular complexity index is 1310. The Labute approximate surface area is 195 Å². The van der Waals surface area contributed by atoms with Gasteiger partial charge in [-0.15, -0.1) is 0 Å². The number of aromatic nitrogens is 2. The van der Waals surface area contributed by atoms with Crippen molar-refractivity contribution in [1.29, 1.82) is 5.26 Å². The first-order valence-electron chi connectivity index (χ1n) is 9.64. The maximum Gasteiger partial charge on any atom is 0.268 e. The van der Waals surface area contributed by atoms with Gasteiger partial charge in [0.05, 0.1) is 0 Å². The number of ether oxygens (including phenoxy) is 2. The summed E-state index contributed by atoms with van der Waals surface area (Å²) in [5.41, 5.74) is 1.55. The minimum absolute atomic E-state index is 0.0156. The number of rotatable bonds is 9. The molecule has 0 unspecified atom stereocenters. The molecule has 9 nitrogen and oxygen atoms in total. The Hall–Kier alpha value is -3.75. The zero-order valence-electron chi connectivity index (χ0n) is 17.8. The Morgan fingerprint density at radius 2 is 1.85 bits per heavy atom. The lowest BCUT2D eigenvalue weighted by Gasteiger charge is -2.09. The molecule has 0 aliphatic carbocycles. The second-order valence-corrected chi connectivity index (χ2v) is 9.52. The maximum absolute atomic E-state index is 12.3. The van der Waals surface area contributed by atoms with E-state index in [1.54, 1.807) is 24.3 Å². The molecule has 1 aromatic heterocycles. The summed E-state index contributed by atoms with van der Waals surface area (Å²) in [7, 11) is -3.58. The van der Waals surface area contributed by atoms with Gasteiger partial charge in [-0.05, 0) is 48.4 Å². The topological polar surface area (TPSA) is 131 Å². The summed E-state index contributed by atoms with van der Waals surface area (Å²) in [6.07, 6.45) is 2.37. The van der Waals surface area contributed by atoms with E-state index in [0.29, 0.717) is 36.1 Å². The number of sulfone groups is 1. The van der Waals surface area contributed by atoms with Crippen molar-refractivity contribution in [2.45, 2.75) is 12.1 Å². The van der Waals surface area contributed by atoms with Crippen LogP contribution in [0.5, 0.6) is 11.5 Å². The third-order valence-corrected chi connectivity index (χ3v) is 5.72. The minimum Gasteiger partial charge on any atom is -0.490 e. The number of aryl methyl sites for hydroxylation is 1. The van der Waals surface area contributed by atoms with Crippen LogP contribution in [0.25, 0.3) is 6.08 Å². The predicted molar refractivity (Wildman–Crippen MR) is 124 cm³/mol. The molecule has 2 aromatic carbocycles. The lowest BCUT2D eigenvalue weighted by molar-refractivity contribution is -0.112. The molecule has 0 atom stereocenters. The summed E-state index contributed by atoms with van der Waals surface area (Å²) < 4.78 is 37.8. The highest BCUT2D eigenvalue weighted by atomic mass is 32.2. The summed E-state index contributed by atoms with van der Waals surface area (Å²) in [5.74, 6) is 0.676. The number of hydrogen-bond acceptors (Lipinski definition) is 9. The number of anilines is 1. The van der Waals surface area contributed by atoms with Crippen molar-refractivity contribution >= 4 is 38.5 Å². The standard InChI is InChI=1S/C22H20N4O5S2/c1-15-4-3-5-19(12-15)31-11-10-30-18-8-6-16(7-9-18)13-17(14-23)20(27)24-21-25-22(26-32-21)33(2,28)29/h3-9,12-13H,10-11H2,1-2H3,(H,24,25,26,27). The van der Waals surface area contributed by atoms with Crippen molar-refractivity contribution in [3.8, 4) is 17.6 Å². The molecule has 1 heterocycles. The summed E-state index contributed by atoms with van der Waals surface area (Å²) >= 11 is 0.714. The van der Waals surface area contributed by atoms with Crippen molar-refractivity contribution in [3.05, 3.63) is 65.2 Å². The molecule has 170 valence electrons. The highest BCUT2D eigenvalue weighted by molar-refractivity contribution is 7.90. The first-order chi connectivity index (χ1) is 15.7. The van der Waals surface area contributed by atoms with E-state index in [0.717, 1.165) is 17.6 Å². The number of benzene rings is 2. The smallest absolute Gasteiger partial charge is 0.268 e. The molecule has 0 spiro atoms. The summed E-state index contributed by atoms with van der Waals surface area (Å²) in [6.45, 7) is 2.73. The molecule has 1 amide bonds. The van der Waals surface area contributed by atoms with Gasteiger partial charge in [-0.25, -0.2) is 8.42 Å². The van der Waals surface area contributed by atoms with E-state index in [1.165, 1.54) is 6.08 Å². The number of nitrogens with zero attached hydrogens (tertiary/aromatic N) is 3. The van der Waals surface area contributed by atoms with Gasteiger partial charge in [0.15, 0.2) is 0 Å². The van der Waals surface area contributed by atoms with Gasteiger partial charge in [-0.2, -0.15) is 14.6 Å². The van der Waals surface area contributed by atoms with Gasteiger partial charge in [0.1, 0.15) is 36.4 Å². The quantitative estimate of drug-likeness (QED) is 0.278. The fraction of sp³-hybridized carbons (Fsp3) is 0.182. The molecule has 0 fully saturated rings. The molecule has 3 rings (SSSR count). The first-order valence-corrected chi connectivity index (χ1v) is 12.3. The minimum atomic E-state index is -3.58. The predicted octanol–water partition coefficient (Wildman–Crippen LogP) is 3.25. The molecule has 0 saturated heterocycles. The van der Waals surface area contributed by atoms with Gasteiger partial charge in [0.25, 0.3) is 11.1 Å². The average Bonchev–Trinajstić information content (AvgIpc) is 3.25. The van der Waals surface area contributed by atoms with Crippen LogP contribution in [0.2, 0.25) is 0 Å². The van der Waals surface area contributed by atoms with Crippen LogP contribution in [-0.2, 0) is 14.6 Å². The third kappa shape index (κ3) is 7.13. The van der Waals surface area contributed by atoms with Gasteiger partial charge < -0.3 is 9.47 Å². The number of amides is 1. The molecule has 0 radical (unpaired) electrons. The van der Waals surface area contributed by atoms with E-state index in [4.69, 9.17) is 9.47 Å². The number of nitriles is 1. The number of carbonyl (C=O) groups excluding carboxylic acids is 1. The van der Waals surface area contributed by atoms with E-state index in [1.807, 2.05) is 37.3 Å². The van der Waals surface area contributed by atoms with E-state index in [9.17, 15) is 18.5 Å². The zero-order chi connectivity index (χ0) is 23.8. The Kier molecular flexibility index (Phi) is 7.76. The molecule has 0 aliphatic heterocycles. The van der Waals surface area contributed by atoms with E-state index >= 15 is 0 Å². The van der Waals surface area contributed by atoms with Crippen LogP contribution < -0.4 is 14.8 Å². The number of nitrogens with one attached hydrogen (secondary N) is 1. The second kappa shape index (κ2) is 10.7. The fourth-order valence-electron chi connectivity index (χ4n) is 2.58. The summed E-state index contributed by atoms with van der Waals surface area (Å²) in [5, 5.41) is 11.3. The number of hydrogen-bond donors (Lipinski definition) is 1. The van der Waals surface area contributed by atoms with Gasteiger partial charge in [0.2, 0.25) is 15.0 Å². The highest BCUT2D eigenvalue weighted by Gasteiger charge is 2.17. The van der Waals surface area contributed by atoms with Gasteiger partial charge in [-0.1, -0.05) is 24.3 Å². The van der Waals surface area contributed by atoms with Crippen molar-refractivity contribution in [1.82, 2.24) is 9.36 Å². The molecule has 3 aromatic rings. The van der Waals surface area contributed by atoms with Crippen LogP contribution in [0, 0.1) is 18.3 Å². The molecular formula is C22H20N4O5S2. The van der Waals surface area contributed by atoms with Crippen molar-refractivity contribution in [2.24, 2.45) is 0 Å². The Morgan fingerprint density at radius 3 is 2.45 bits per heavy atom. The van der Waals surface area contributed by atoms with E-state index in [2.05, 4.69) is 14.7 Å². The monoisotopic (exact) mass is 484 g/mol. The first kappa shape index (κ1) is 23.9. The van der Waals surface area contributed by atoms with Crippen molar-refractivity contribution < 1.29 is 22.7 Å². The zero-order valence-corrected chi connectivity index (χ0v) is 19.4. The van der Waals surface area contributed by atoms with Gasteiger partial charge >= 0.3 is 0 Å². The highest BCUT2D eigenvalue weighted by Crippen LogP contribution is 2.18. The maximum atomic E-state index is 12.3. The van der Waals surface area contributed by atoms with E-state index in [-0.39, 0.29) is 15.9 Å². The molecule has 11 heteroatoms. The molecule has 33 heavy (non-hydrogen) atoms. The molecular weight excluding hydrogens is 464 g/mol. The second-order valence-electron chi connectivity index (χ2n) is 6.86. The molecule has 0 aliphatic rings. The molecule has 0 saturated carbocycles. The normalized spacial score (nSPS) is 11.5. The van der Waals surface area contributed by atoms with Crippen molar-refractivity contribution in [3.63, 3.8) is 0 Å². The lowest BCUT2D eigenvalue weighted by atomic mass is 10.1. The average molecular weight is 485 g/mol.